The minimum absolute atomic E-state index is 0.302. The van der Waals surface area contributed by atoms with Crippen LogP contribution in [-0.4, -0.2) is 21.5 Å². The SMILES string of the molecule is O=P(O)(O)[CH]CCCCCCCCCCCO. The van der Waals surface area contributed by atoms with E-state index in [4.69, 9.17) is 14.9 Å². The Balaban J connectivity index is 3.01. The Morgan fingerprint density at radius 1 is 0.765 bits per heavy atom. The third-order valence-electron chi connectivity index (χ3n) is 2.73. The Kier molecular flexibility index (Phi) is 11.3. The Morgan fingerprint density at radius 3 is 1.59 bits per heavy atom. The summed E-state index contributed by atoms with van der Waals surface area (Å²) in [5.74, 6) is 0. The Bertz CT molecular complexity index is 203. The molecule has 5 heteroatoms. The molecule has 17 heavy (non-hydrogen) atoms. The molecule has 0 amide bonds. The molecule has 0 aliphatic carbocycles. The van der Waals surface area contributed by atoms with Gasteiger partial charge in [0.15, 0.2) is 0 Å². The van der Waals surface area contributed by atoms with Crippen molar-refractivity contribution in [2.75, 3.05) is 6.61 Å². The normalized spacial score (nSPS) is 11.9. The van der Waals surface area contributed by atoms with Crippen LogP contribution in [0.25, 0.3) is 0 Å². The van der Waals surface area contributed by atoms with Gasteiger partial charge in [0, 0.05) is 6.61 Å². The Labute approximate surface area is 105 Å². The first-order valence-corrected chi connectivity index (χ1v) is 8.25. The predicted octanol–water partition coefficient (Wildman–Crippen LogP) is 3.22. The Morgan fingerprint density at radius 2 is 1.18 bits per heavy atom. The number of rotatable bonds is 12. The molecule has 0 aromatic heterocycles. The third kappa shape index (κ3) is 16.1. The number of aliphatic hydroxyl groups excluding tert-OH is 1. The van der Waals surface area contributed by atoms with Gasteiger partial charge in [-0.05, 0) is 12.8 Å². The largest absolute Gasteiger partial charge is 0.396 e. The molecule has 0 rings (SSSR count). The maximum atomic E-state index is 10.5. The number of aliphatic hydroxyl groups is 1. The van der Waals surface area contributed by atoms with Crippen LogP contribution in [0.4, 0.5) is 0 Å². The topological polar surface area (TPSA) is 77.8 Å². The van der Waals surface area contributed by atoms with Crippen molar-refractivity contribution in [1.82, 2.24) is 0 Å². The first-order chi connectivity index (χ1) is 8.06. The lowest BCUT2D eigenvalue weighted by Gasteiger charge is -2.03. The molecule has 0 aromatic rings. The summed E-state index contributed by atoms with van der Waals surface area (Å²) >= 11 is 0. The van der Waals surface area contributed by atoms with Gasteiger partial charge < -0.3 is 14.9 Å². The second kappa shape index (κ2) is 11.2. The highest BCUT2D eigenvalue weighted by molar-refractivity contribution is 7.54. The van der Waals surface area contributed by atoms with Crippen LogP contribution in [0.1, 0.15) is 64.2 Å². The third-order valence-corrected chi connectivity index (χ3v) is 3.46. The van der Waals surface area contributed by atoms with Crippen molar-refractivity contribution in [1.29, 1.82) is 0 Å². The van der Waals surface area contributed by atoms with Gasteiger partial charge in [0.05, 0.1) is 6.16 Å². The summed E-state index contributed by atoms with van der Waals surface area (Å²) in [7, 11) is -3.89. The van der Waals surface area contributed by atoms with E-state index in [1.165, 1.54) is 25.7 Å². The summed E-state index contributed by atoms with van der Waals surface area (Å²) in [4.78, 5) is 17.2. The second-order valence-electron chi connectivity index (χ2n) is 4.47. The molecule has 1 radical (unpaired) electrons. The van der Waals surface area contributed by atoms with Crippen molar-refractivity contribution >= 4 is 7.60 Å². The van der Waals surface area contributed by atoms with E-state index in [1.807, 2.05) is 0 Å². The molecule has 0 atom stereocenters. The average Bonchev–Trinajstić information content (AvgIpc) is 2.24. The maximum absolute atomic E-state index is 10.5. The smallest absolute Gasteiger partial charge is 0.329 e. The molecular weight excluding hydrogens is 239 g/mol. The summed E-state index contributed by atoms with van der Waals surface area (Å²) in [5.41, 5.74) is 0. The highest BCUT2D eigenvalue weighted by Gasteiger charge is 2.11. The quantitative estimate of drug-likeness (QED) is 0.374. The van der Waals surface area contributed by atoms with Crippen molar-refractivity contribution < 1.29 is 19.5 Å². The van der Waals surface area contributed by atoms with Gasteiger partial charge in [-0.3, -0.25) is 4.57 Å². The van der Waals surface area contributed by atoms with E-state index in [9.17, 15) is 4.57 Å². The molecule has 3 N–H and O–H groups in total. The van der Waals surface area contributed by atoms with Crippen LogP contribution in [-0.2, 0) is 4.57 Å². The monoisotopic (exact) mass is 265 g/mol. The maximum Gasteiger partial charge on any atom is 0.329 e. The molecule has 0 unspecified atom stereocenters. The fourth-order valence-electron chi connectivity index (χ4n) is 1.75. The highest BCUT2D eigenvalue weighted by atomic mass is 31.2. The molecule has 103 valence electrons. The molecule has 0 saturated carbocycles. The minimum atomic E-state index is -3.89. The van der Waals surface area contributed by atoms with E-state index < -0.39 is 7.60 Å². The van der Waals surface area contributed by atoms with Gasteiger partial charge in [0.25, 0.3) is 0 Å². The number of hydrogen-bond acceptors (Lipinski definition) is 2. The van der Waals surface area contributed by atoms with Crippen molar-refractivity contribution in [3.05, 3.63) is 6.16 Å². The van der Waals surface area contributed by atoms with Crippen LogP contribution in [0.5, 0.6) is 0 Å². The lowest BCUT2D eigenvalue weighted by Crippen LogP contribution is -1.85. The van der Waals surface area contributed by atoms with E-state index >= 15 is 0 Å². The van der Waals surface area contributed by atoms with Gasteiger partial charge in [-0.2, -0.15) is 0 Å². The highest BCUT2D eigenvalue weighted by Crippen LogP contribution is 2.40. The number of unbranched alkanes of at least 4 members (excludes halogenated alkanes) is 9. The van der Waals surface area contributed by atoms with Gasteiger partial charge in [-0.15, -0.1) is 0 Å². The molecule has 0 saturated heterocycles. The molecule has 0 bridgehead atoms. The zero-order valence-electron chi connectivity index (χ0n) is 10.6. The fraction of sp³-hybridized carbons (Fsp3) is 0.917. The Hall–Kier alpha value is 0.110. The zero-order chi connectivity index (χ0) is 13.0. The van der Waals surface area contributed by atoms with Crippen LogP contribution >= 0.6 is 7.60 Å². The molecule has 0 heterocycles. The first-order valence-electron chi connectivity index (χ1n) is 6.57. The van der Waals surface area contributed by atoms with E-state index in [-0.39, 0.29) is 0 Å². The van der Waals surface area contributed by atoms with E-state index in [0.29, 0.717) is 13.0 Å². The molecule has 4 nitrogen and oxygen atoms in total. The predicted molar refractivity (Wildman–Crippen MR) is 69.6 cm³/mol. The van der Waals surface area contributed by atoms with Crippen LogP contribution < -0.4 is 0 Å². The van der Waals surface area contributed by atoms with E-state index in [0.717, 1.165) is 38.3 Å². The number of hydrogen-bond donors (Lipinski definition) is 3. The van der Waals surface area contributed by atoms with Gasteiger partial charge in [0.1, 0.15) is 0 Å². The minimum Gasteiger partial charge on any atom is -0.396 e. The van der Waals surface area contributed by atoms with Crippen molar-refractivity contribution in [2.24, 2.45) is 0 Å². The summed E-state index contributed by atoms with van der Waals surface area (Å²) in [5, 5.41) is 8.59. The van der Waals surface area contributed by atoms with Gasteiger partial charge in [-0.25, -0.2) is 0 Å². The van der Waals surface area contributed by atoms with Crippen molar-refractivity contribution in [3.63, 3.8) is 0 Å². The van der Waals surface area contributed by atoms with Gasteiger partial charge in [0.2, 0.25) is 0 Å². The fourth-order valence-corrected chi connectivity index (χ4v) is 2.27. The van der Waals surface area contributed by atoms with Crippen LogP contribution in [0.3, 0.4) is 0 Å². The van der Waals surface area contributed by atoms with Crippen LogP contribution in [0.15, 0.2) is 0 Å². The first kappa shape index (κ1) is 17.1. The molecule has 0 aliphatic rings. The zero-order valence-corrected chi connectivity index (χ0v) is 11.4. The molecule has 0 aliphatic heterocycles. The average molecular weight is 265 g/mol. The van der Waals surface area contributed by atoms with E-state index in [2.05, 4.69) is 0 Å². The summed E-state index contributed by atoms with van der Waals surface area (Å²) in [6, 6.07) is 0. The van der Waals surface area contributed by atoms with Crippen molar-refractivity contribution in [3.8, 4) is 0 Å². The molecular formula is C12H26O4P. The van der Waals surface area contributed by atoms with Crippen molar-refractivity contribution in [2.45, 2.75) is 64.2 Å². The lowest BCUT2D eigenvalue weighted by atomic mass is 10.1. The van der Waals surface area contributed by atoms with Gasteiger partial charge >= 0.3 is 7.60 Å². The summed E-state index contributed by atoms with van der Waals surface area (Å²) in [6.45, 7) is 0.302. The standard InChI is InChI=1S/C12H26O4P/c13-11-9-7-5-3-1-2-4-6-8-10-12-17(14,15)16/h12-13H,1-11H2,(H2,14,15,16). The van der Waals surface area contributed by atoms with E-state index in [1.54, 1.807) is 0 Å². The van der Waals surface area contributed by atoms with Crippen LogP contribution in [0, 0.1) is 6.16 Å². The second-order valence-corrected chi connectivity index (χ2v) is 6.01. The van der Waals surface area contributed by atoms with Gasteiger partial charge in [-0.1, -0.05) is 51.4 Å². The van der Waals surface area contributed by atoms with Crippen LogP contribution in [0.2, 0.25) is 0 Å². The molecule has 0 spiro atoms. The summed E-state index contributed by atoms with van der Waals surface area (Å²) < 4.78 is 10.5. The molecule has 0 fully saturated rings. The summed E-state index contributed by atoms with van der Waals surface area (Å²) in [6.07, 6.45) is 11.6. The lowest BCUT2D eigenvalue weighted by molar-refractivity contribution is 0.282. The molecule has 0 aromatic carbocycles.